The van der Waals surface area contributed by atoms with Gasteiger partial charge in [-0.05, 0) is 91.8 Å². The lowest BCUT2D eigenvalue weighted by atomic mass is 10.0. The molecular weight excluding hydrogens is 1390 g/mol. The van der Waals surface area contributed by atoms with Crippen molar-refractivity contribution in [1.29, 1.82) is 0 Å². The van der Waals surface area contributed by atoms with Gasteiger partial charge in [0.2, 0.25) is 33.2 Å². The molecule has 3 heterocycles. The van der Waals surface area contributed by atoms with Gasteiger partial charge in [-0.15, -0.1) is 0 Å². The number of nitrogens with one attached hydrogen (secondary N) is 7. The first kappa shape index (κ1) is 83.0. The molecule has 1 aliphatic heterocycles. The summed E-state index contributed by atoms with van der Waals surface area (Å²) in [5, 5.41) is 52.8. The summed E-state index contributed by atoms with van der Waals surface area (Å²) >= 11 is 0. The number of carbonyl (C=O) groups excluding carboxylic acids is 4. The summed E-state index contributed by atoms with van der Waals surface area (Å²) in [6.07, 6.45) is 5.92. The van der Waals surface area contributed by atoms with E-state index in [1.807, 2.05) is 0 Å². The van der Waals surface area contributed by atoms with E-state index in [0.29, 0.717) is 61.7 Å². The van der Waals surface area contributed by atoms with Gasteiger partial charge in [0.25, 0.3) is 5.91 Å². The molecule has 566 valence electrons. The summed E-state index contributed by atoms with van der Waals surface area (Å²) in [4.78, 5) is 146. The Hall–Kier alpha value is -8.98. The number of aryl methyl sites for hydroxylation is 3. The molecule has 0 bridgehead atoms. The maximum absolute atomic E-state index is 13.8. The molecule has 1 unspecified atom stereocenters. The van der Waals surface area contributed by atoms with Crippen LogP contribution in [0.15, 0.2) is 82.9 Å². The van der Waals surface area contributed by atoms with Gasteiger partial charge in [0.15, 0.2) is 5.95 Å². The molecule has 38 heteroatoms. The van der Waals surface area contributed by atoms with Crippen molar-refractivity contribution in [3.63, 3.8) is 0 Å². The molecule has 4 amide bonds. The van der Waals surface area contributed by atoms with Crippen molar-refractivity contribution < 1.29 is 105 Å². The van der Waals surface area contributed by atoms with E-state index in [1.165, 1.54) is 56.4 Å². The second-order valence-corrected chi connectivity index (χ2v) is 27.0. The number of phosphoric ester groups is 1. The number of carbonyl (C=O) groups is 8. The van der Waals surface area contributed by atoms with Gasteiger partial charge in [-0.3, -0.25) is 72.5 Å². The molecular formula is C65H92N13O23PS. The highest BCUT2D eigenvalue weighted by Gasteiger charge is 2.31. The number of pyridine rings is 1. The second kappa shape index (κ2) is 42.0. The zero-order chi connectivity index (χ0) is 75.1. The van der Waals surface area contributed by atoms with E-state index in [0.717, 1.165) is 5.56 Å². The zero-order valence-corrected chi connectivity index (χ0v) is 59.3. The van der Waals surface area contributed by atoms with Crippen molar-refractivity contribution in [2.75, 3.05) is 150 Å². The molecule has 2 aromatic heterocycles. The highest BCUT2D eigenvalue weighted by atomic mass is 32.2. The highest BCUT2D eigenvalue weighted by molar-refractivity contribution is 7.89. The standard InChI is InChI=1S/C65H92N13O23PS/c1-44-33-49(34-45(2)61(44)103(95,96)73-53(64(90)91)38-70-62(88)51-39-74(3)54-36-47(10-13-50(54)60(51)87)37-71-65-68-16-17-69-65)100-28-4-7-55(79)66-14-5-26-97-29-31-99-32-30-98-27-6-15-67-63(89)52(35-46-8-11-48(12-9-46)101-102(92,93)94)72-56(80)40-75-18-20-76(41-57(81)82)22-24-78(43-59(85)86)25-23-77(21-19-75)42-58(83)84/h8-13,16-17,33-34,36,39,52-53,73H,4-7,14-15,18-32,35,37-38,40-43H2,1-3H3,(H,66,79)(H,67,89)(H,70,88)(H,72,80)(H,81,82)(H,83,84)(H,85,86)(H,90,91)(H2,68,69,71)(H2,92,93,94)/t52-,53?/m1/s1. The molecule has 1 fully saturated rings. The fraction of sp³-hybridized carbons (Fsp3) is 0.508. The molecule has 13 N–H and O–H groups in total. The van der Waals surface area contributed by atoms with Crippen LogP contribution in [-0.2, 0) is 82.4 Å². The van der Waals surface area contributed by atoms with Crippen molar-refractivity contribution in [2.45, 2.75) is 69.5 Å². The van der Waals surface area contributed by atoms with E-state index in [1.54, 1.807) is 61.8 Å². The quantitative estimate of drug-likeness (QED) is 0.0174. The van der Waals surface area contributed by atoms with Crippen LogP contribution in [0, 0.1) is 13.8 Å². The number of phosphoric acid groups is 1. The fourth-order valence-corrected chi connectivity index (χ4v) is 13.0. The lowest BCUT2D eigenvalue weighted by molar-refractivity contribution is -0.140. The first-order chi connectivity index (χ1) is 49.0. The average molecular weight is 1490 g/mol. The number of aromatic nitrogens is 3. The van der Waals surface area contributed by atoms with E-state index in [2.05, 4.69) is 45.8 Å². The fourth-order valence-electron chi connectivity index (χ4n) is 10.9. The summed E-state index contributed by atoms with van der Waals surface area (Å²) in [5.74, 6) is -6.39. The minimum absolute atomic E-state index is 0.0530. The summed E-state index contributed by atoms with van der Waals surface area (Å²) in [7, 11) is -7.70. The Balaban J connectivity index is 0.840. The predicted octanol–water partition coefficient (Wildman–Crippen LogP) is -0.452. The van der Waals surface area contributed by atoms with Gasteiger partial charge in [0.05, 0.1) is 69.6 Å². The largest absolute Gasteiger partial charge is 0.524 e. The molecule has 5 aromatic rings. The van der Waals surface area contributed by atoms with Crippen LogP contribution in [0.3, 0.4) is 0 Å². The number of nitrogens with zero attached hydrogens (tertiary/aromatic N) is 6. The maximum atomic E-state index is 13.8. The lowest BCUT2D eigenvalue weighted by Gasteiger charge is -2.33. The van der Waals surface area contributed by atoms with Crippen LogP contribution >= 0.6 is 7.82 Å². The molecule has 3 aromatic carbocycles. The van der Waals surface area contributed by atoms with E-state index in [4.69, 9.17) is 18.9 Å². The Bertz CT molecular complexity index is 3830. The average Bonchev–Trinajstić information content (AvgIpc) is 0.983. The summed E-state index contributed by atoms with van der Waals surface area (Å²) in [6.45, 7) is 5.01. The normalized spacial score (nSPS) is 14.5. The lowest BCUT2D eigenvalue weighted by Crippen LogP contribution is -2.53. The minimum atomic E-state index is -4.86. The third kappa shape index (κ3) is 30.1. The van der Waals surface area contributed by atoms with Gasteiger partial charge in [0.1, 0.15) is 29.1 Å². The topological polar surface area (TPSA) is 491 Å². The Labute approximate surface area is 594 Å². The van der Waals surface area contributed by atoms with Crippen molar-refractivity contribution in [1.82, 2.24) is 60.1 Å². The number of carboxylic acids is 4. The van der Waals surface area contributed by atoms with Crippen molar-refractivity contribution >= 4 is 82.2 Å². The highest BCUT2D eigenvalue weighted by Crippen LogP contribution is 2.37. The van der Waals surface area contributed by atoms with Gasteiger partial charge in [-0.2, -0.15) is 4.72 Å². The van der Waals surface area contributed by atoms with Crippen molar-refractivity contribution in [2.24, 2.45) is 7.05 Å². The van der Waals surface area contributed by atoms with Crippen LogP contribution in [-0.4, -0.2) is 277 Å². The number of hydrogen-bond donors (Lipinski definition) is 13. The van der Waals surface area contributed by atoms with Crippen molar-refractivity contribution in [3.05, 3.63) is 111 Å². The molecule has 103 heavy (non-hydrogen) atoms. The number of rotatable bonds is 43. The summed E-state index contributed by atoms with van der Waals surface area (Å²) in [6, 6.07) is 10.6. The number of carboxylic acid groups (broad SMARTS) is 4. The smallest absolute Gasteiger partial charge is 0.494 e. The number of hydrogen-bond acceptors (Lipinski definition) is 23. The van der Waals surface area contributed by atoms with Crippen LogP contribution < -0.4 is 46.0 Å². The maximum Gasteiger partial charge on any atom is 0.524 e. The van der Waals surface area contributed by atoms with Gasteiger partial charge < -0.3 is 80.0 Å². The van der Waals surface area contributed by atoms with Crippen LogP contribution in [0.25, 0.3) is 10.9 Å². The molecule has 1 aliphatic rings. The molecule has 2 atom stereocenters. The number of anilines is 1. The molecule has 1 saturated heterocycles. The van der Waals surface area contributed by atoms with Crippen LogP contribution in [0.2, 0.25) is 0 Å². The van der Waals surface area contributed by atoms with Gasteiger partial charge in [-0.25, -0.2) is 18.0 Å². The number of imidazole rings is 1. The molecule has 6 rings (SSSR count). The Morgan fingerprint density at radius 2 is 1.17 bits per heavy atom. The number of H-pyrrole nitrogens is 1. The van der Waals surface area contributed by atoms with Crippen LogP contribution in [0.1, 0.15) is 58.3 Å². The summed E-state index contributed by atoms with van der Waals surface area (Å²) < 4.78 is 69.8. The Morgan fingerprint density at radius 1 is 0.641 bits per heavy atom. The first-order valence-electron chi connectivity index (χ1n) is 33.1. The van der Waals surface area contributed by atoms with E-state index >= 15 is 0 Å². The molecule has 0 saturated carbocycles. The van der Waals surface area contributed by atoms with Gasteiger partial charge in [-0.1, -0.05) is 18.2 Å². The molecule has 0 radical (unpaired) electrons. The third-order valence-corrected chi connectivity index (χ3v) is 18.2. The molecule has 36 nitrogen and oxygen atoms in total. The molecule has 0 aliphatic carbocycles. The van der Waals surface area contributed by atoms with Crippen LogP contribution in [0.5, 0.6) is 11.5 Å². The Morgan fingerprint density at radius 3 is 1.70 bits per heavy atom. The SMILES string of the molecule is Cc1cc(OCCCC(=O)NCCCOCCOCCOCCCNC(=O)[C@@H](Cc2ccc(OP(=O)(O)O)cc2)NC(=O)CN2CCN(CC(=O)O)CCN(CC(=O)O)CCN(CC(=O)O)CC2)cc(C)c1S(=O)(=O)NC(CNC(=O)c1cn(C)c2cc(CNc3ncc[nH]3)ccc2c1=O)C(=O)O. The van der Waals surface area contributed by atoms with E-state index in [9.17, 15) is 86.3 Å². The number of ether oxygens (including phenoxy) is 4. The van der Waals surface area contributed by atoms with Gasteiger partial charge >= 0.3 is 31.7 Å². The number of aromatic amines is 1. The van der Waals surface area contributed by atoms with E-state index in [-0.39, 0.29) is 176 Å². The number of amides is 4. The first-order valence-corrected chi connectivity index (χ1v) is 36.1. The number of sulfonamides is 1. The number of aliphatic carboxylic acids is 4. The number of fused-ring (bicyclic) bond motifs is 1. The van der Waals surface area contributed by atoms with Gasteiger partial charge in [0, 0.05) is 136 Å². The minimum Gasteiger partial charge on any atom is -0.494 e. The second-order valence-electron chi connectivity index (χ2n) is 24.2. The predicted molar refractivity (Wildman–Crippen MR) is 371 cm³/mol. The zero-order valence-electron chi connectivity index (χ0n) is 57.5. The summed E-state index contributed by atoms with van der Waals surface area (Å²) in [5.41, 5.74) is 1.50. The van der Waals surface area contributed by atoms with E-state index < -0.39 is 83.5 Å². The number of benzene rings is 3. The monoisotopic (exact) mass is 1490 g/mol. The van der Waals surface area contributed by atoms with Crippen molar-refractivity contribution in [3.8, 4) is 11.5 Å². The Kier molecular flexibility index (Phi) is 33.8. The third-order valence-electron chi connectivity index (χ3n) is 15.9. The molecule has 0 spiro atoms. The van der Waals surface area contributed by atoms with Crippen LogP contribution in [0.4, 0.5) is 5.95 Å².